The summed E-state index contributed by atoms with van der Waals surface area (Å²) in [6.45, 7) is 3.66. The second-order valence-electron chi connectivity index (χ2n) is 9.39. The van der Waals surface area contributed by atoms with E-state index in [4.69, 9.17) is 19.4 Å². The monoisotopic (exact) mass is 428 g/mol. The van der Waals surface area contributed by atoms with Crippen LogP contribution in [0.15, 0.2) is 60.8 Å². The van der Waals surface area contributed by atoms with Gasteiger partial charge in [0.25, 0.3) is 0 Å². The van der Waals surface area contributed by atoms with Gasteiger partial charge in [-0.1, -0.05) is 37.3 Å². The molecule has 0 bridgehead atoms. The van der Waals surface area contributed by atoms with Crippen LogP contribution in [0.4, 0.5) is 0 Å². The lowest BCUT2D eigenvalue weighted by atomic mass is 9.52. The average molecular weight is 429 g/mol. The number of fused-ring (bicyclic) bond motifs is 3. The molecular weight excluding hydrogens is 400 g/mol. The molecule has 0 radical (unpaired) electrons. The van der Waals surface area contributed by atoms with Crippen molar-refractivity contribution in [3.05, 3.63) is 77.6 Å². The van der Waals surface area contributed by atoms with Gasteiger partial charge in [0.2, 0.25) is 0 Å². The van der Waals surface area contributed by atoms with Crippen molar-refractivity contribution in [1.82, 2.24) is 9.97 Å². The van der Waals surface area contributed by atoms with Crippen LogP contribution >= 0.6 is 0 Å². The third-order valence-corrected chi connectivity index (χ3v) is 8.00. The average Bonchev–Trinajstić information content (AvgIpc) is 3.32. The molecule has 2 aliphatic carbocycles. The lowest BCUT2D eigenvalue weighted by molar-refractivity contribution is -0.232. The molecule has 1 aromatic heterocycles. The topological polar surface area (TPSA) is 64.5 Å². The molecule has 5 nitrogen and oxygen atoms in total. The molecule has 1 saturated heterocycles. The van der Waals surface area contributed by atoms with Crippen molar-refractivity contribution in [2.75, 3.05) is 13.2 Å². The first kappa shape index (κ1) is 19.9. The molecule has 3 aliphatic rings. The fraction of sp³-hybridized carbons (Fsp3) is 0.407. The van der Waals surface area contributed by atoms with Crippen molar-refractivity contribution in [3.8, 4) is 17.1 Å². The number of aromatic hydroxyl groups is 1. The van der Waals surface area contributed by atoms with Gasteiger partial charge in [-0.25, -0.2) is 9.97 Å². The number of hydrogen-bond acceptors (Lipinski definition) is 5. The first-order chi connectivity index (χ1) is 15.6. The fourth-order valence-corrected chi connectivity index (χ4v) is 6.45. The second kappa shape index (κ2) is 7.39. The molecule has 3 atom stereocenters. The van der Waals surface area contributed by atoms with E-state index in [0.717, 1.165) is 36.9 Å². The zero-order chi connectivity index (χ0) is 21.8. The summed E-state index contributed by atoms with van der Waals surface area (Å²) in [5.74, 6) is 1.12. The van der Waals surface area contributed by atoms with Crippen LogP contribution in [0, 0.1) is 11.8 Å². The number of benzene rings is 2. The summed E-state index contributed by atoms with van der Waals surface area (Å²) in [4.78, 5) is 9.92. The molecule has 0 unspecified atom stereocenters. The van der Waals surface area contributed by atoms with Crippen LogP contribution in [0.3, 0.4) is 0 Å². The molecule has 2 heterocycles. The van der Waals surface area contributed by atoms with E-state index in [1.165, 1.54) is 11.1 Å². The highest BCUT2D eigenvalue weighted by atomic mass is 16.7. The van der Waals surface area contributed by atoms with Crippen molar-refractivity contribution in [2.45, 2.75) is 43.8 Å². The third-order valence-electron chi connectivity index (χ3n) is 8.00. The van der Waals surface area contributed by atoms with Crippen molar-refractivity contribution >= 4 is 0 Å². The molecule has 1 saturated carbocycles. The first-order valence-corrected chi connectivity index (χ1v) is 11.6. The van der Waals surface area contributed by atoms with E-state index in [1.54, 1.807) is 12.1 Å². The Balaban J connectivity index is 1.53. The van der Waals surface area contributed by atoms with Gasteiger partial charge in [-0.05, 0) is 60.6 Å². The minimum absolute atomic E-state index is 0.191. The molecule has 5 heteroatoms. The summed E-state index contributed by atoms with van der Waals surface area (Å²) in [5.41, 5.74) is 4.44. The zero-order valence-electron chi connectivity index (χ0n) is 18.3. The van der Waals surface area contributed by atoms with Crippen LogP contribution in [0.1, 0.15) is 43.0 Å². The molecule has 1 spiro atoms. The van der Waals surface area contributed by atoms with Crippen molar-refractivity contribution in [3.63, 3.8) is 0 Å². The van der Waals surface area contributed by atoms with Gasteiger partial charge in [0, 0.05) is 29.5 Å². The van der Waals surface area contributed by atoms with Crippen LogP contribution in [0.25, 0.3) is 11.4 Å². The van der Waals surface area contributed by atoms with E-state index in [1.807, 2.05) is 18.3 Å². The van der Waals surface area contributed by atoms with E-state index >= 15 is 0 Å². The maximum atomic E-state index is 9.71. The fourth-order valence-electron chi connectivity index (χ4n) is 6.45. The maximum Gasteiger partial charge on any atom is 0.171 e. The highest BCUT2D eigenvalue weighted by Crippen LogP contribution is 2.59. The van der Waals surface area contributed by atoms with Gasteiger partial charge in [0.05, 0.1) is 18.9 Å². The number of hydrogen-bond donors (Lipinski definition) is 1. The predicted molar refractivity (Wildman–Crippen MR) is 121 cm³/mol. The number of ether oxygens (including phenoxy) is 2. The molecular formula is C27H28N2O3. The number of phenolic OH excluding ortho intramolecular Hbond substituents is 1. The number of aromatic nitrogens is 2. The van der Waals surface area contributed by atoms with Gasteiger partial charge in [-0.15, -0.1) is 0 Å². The summed E-state index contributed by atoms with van der Waals surface area (Å²) < 4.78 is 12.5. The van der Waals surface area contributed by atoms with Gasteiger partial charge in [0.1, 0.15) is 5.75 Å². The maximum absolute atomic E-state index is 9.71. The number of rotatable bonds is 2. The second-order valence-corrected chi connectivity index (χ2v) is 9.39. The largest absolute Gasteiger partial charge is 0.508 e. The minimum atomic E-state index is -0.465. The smallest absolute Gasteiger partial charge is 0.171 e. The summed E-state index contributed by atoms with van der Waals surface area (Å²) in [7, 11) is 0. The highest BCUT2D eigenvalue weighted by molar-refractivity contribution is 5.58. The summed E-state index contributed by atoms with van der Waals surface area (Å²) in [6, 6.07) is 18.0. The Morgan fingerprint density at radius 1 is 0.969 bits per heavy atom. The molecule has 0 amide bonds. The Kier molecular flexibility index (Phi) is 4.60. The van der Waals surface area contributed by atoms with Crippen molar-refractivity contribution in [2.24, 2.45) is 11.8 Å². The molecule has 164 valence electrons. The predicted octanol–water partition coefficient (Wildman–Crippen LogP) is 4.87. The van der Waals surface area contributed by atoms with E-state index in [0.29, 0.717) is 25.0 Å². The Morgan fingerprint density at radius 2 is 1.72 bits per heavy atom. The number of phenols is 1. The molecule has 3 aromatic rings. The van der Waals surface area contributed by atoms with Crippen molar-refractivity contribution in [1.29, 1.82) is 0 Å². The van der Waals surface area contributed by atoms with Crippen LogP contribution in [0.2, 0.25) is 0 Å². The van der Waals surface area contributed by atoms with Gasteiger partial charge < -0.3 is 14.6 Å². The quantitative estimate of drug-likeness (QED) is 0.631. The van der Waals surface area contributed by atoms with Crippen LogP contribution in [0.5, 0.6) is 5.75 Å². The minimum Gasteiger partial charge on any atom is -0.508 e. The third kappa shape index (κ3) is 2.84. The van der Waals surface area contributed by atoms with E-state index in [9.17, 15) is 5.11 Å². The molecule has 2 fully saturated rings. The van der Waals surface area contributed by atoms with E-state index in [-0.39, 0.29) is 17.1 Å². The Labute approximate surface area is 188 Å². The van der Waals surface area contributed by atoms with Crippen LogP contribution in [-0.2, 0) is 21.3 Å². The normalized spacial score (nSPS) is 28.3. The Morgan fingerprint density at radius 3 is 2.47 bits per heavy atom. The summed E-state index contributed by atoms with van der Waals surface area (Å²) in [5, 5.41) is 9.71. The van der Waals surface area contributed by atoms with Crippen LogP contribution < -0.4 is 0 Å². The summed E-state index contributed by atoms with van der Waals surface area (Å²) in [6.07, 6.45) is 5.84. The van der Waals surface area contributed by atoms with E-state index < -0.39 is 5.79 Å². The molecule has 1 N–H and O–H groups in total. The Bertz CT molecular complexity index is 1130. The lowest BCUT2D eigenvalue weighted by Crippen LogP contribution is -2.57. The SMILES string of the molecule is C[C@H]1[C@@H]2CCc3cnc(-c4ccc(O)cc4)nc3[C@@]2(c2ccccc2)CCC12OCCO2. The Hall–Kier alpha value is -2.76. The first-order valence-electron chi connectivity index (χ1n) is 11.6. The van der Waals surface area contributed by atoms with Crippen LogP contribution in [-0.4, -0.2) is 34.1 Å². The van der Waals surface area contributed by atoms with Crippen molar-refractivity contribution < 1.29 is 14.6 Å². The van der Waals surface area contributed by atoms with Gasteiger partial charge >= 0.3 is 0 Å². The highest BCUT2D eigenvalue weighted by Gasteiger charge is 2.60. The zero-order valence-corrected chi connectivity index (χ0v) is 18.3. The molecule has 6 rings (SSSR count). The molecule has 2 aromatic carbocycles. The van der Waals surface area contributed by atoms with Gasteiger partial charge in [-0.2, -0.15) is 0 Å². The number of aryl methyl sites for hydroxylation is 1. The lowest BCUT2D eigenvalue weighted by Gasteiger charge is -2.55. The number of nitrogens with zero attached hydrogens (tertiary/aromatic N) is 2. The van der Waals surface area contributed by atoms with Gasteiger partial charge in [-0.3, -0.25) is 0 Å². The molecule has 32 heavy (non-hydrogen) atoms. The van der Waals surface area contributed by atoms with Gasteiger partial charge in [0.15, 0.2) is 11.6 Å². The standard InChI is InChI=1S/C27H28N2O3/c1-18-23-12-9-20-17-28-25(19-7-10-22(30)11-8-19)29-24(20)26(23,21-5-3-2-4-6-21)13-14-27(18)31-15-16-32-27/h2-8,10-11,17-18,23,30H,9,12-16H2,1H3/t18-,23-,26+/m0/s1. The van der Waals surface area contributed by atoms with E-state index in [2.05, 4.69) is 37.3 Å². The molecule has 1 aliphatic heterocycles. The summed E-state index contributed by atoms with van der Waals surface area (Å²) >= 11 is 0.